The van der Waals surface area contributed by atoms with Crippen LogP contribution in [-0.2, 0) is 0 Å². The predicted molar refractivity (Wildman–Crippen MR) is 437 cm³/mol. The van der Waals surface area contributed by atoms with E-state index in [1.807, 2.05) is 48.5 Å². The van der Waals surface area contributed by atoms with E-state index in [-0.39, 0.29) is 0 Å². The zero-order valence-corrected chi connectivity index (χ0v) is 57.9. The fraction of sp³-hybridized carbons (Fsp3) is 0. The molecular formula is C94H64BBrN6O2. The van der Waals surface area contributed by atoms with Crippen molar-refractivity contribution in [3.63, 3.8) is 0 Å². The number of hydrogen-bond donors (Lipinski definition) is 2. The predicted octanol–water partition coefficient (Wildman–Crippen LogP) is 23.0. The summed E-state index contributed by atoms with van der Waals surface area (Å²) in [7, 11) is -1.46. The molecule has 8 nitrogen and oxygen atoms in total. The third-order valence-corrected chi connectivity index (χ3v) is 20.3. The van der Waals surface area contributed by atoms with Crippen LogP contribution in [0.1, 0.15) is 0 Å². The Morgan fingerprint density at radius 3 is 0.913 bits per heavy atom. The van der Waals surface area contributed by atoms with Crippen molar-refractivity contribution in [1.29, 1.82) is 0 Å². The Balaban J connectivity index is 0.000000122. The number of fused-ring (bicyclic) bond motifs is 12. The molecule has 0 aliphatic carbocycles. The van der Waals surface area contributed by atoms with E-state index >= 15 is 0 Å². The number of nitrogens with zero attached hydrogens (tertiary/aromatic N) is 6. The molecule has 0 fully saturated rings. The van der Waals surface area contributed by atoms with E-state index in [4.69, 9.17) is 9.97 Å². The quantitative estimate of drug-likeness (QED) is 0.134. The summed E-state index contributed by atoms with van der Waals surface area (Å²) in [6.07, 6.45) is 0. The minimum absolute atomic E-state index is 0.503. The monoisotopic (exact) mass is 1400 g/mol. The van der Waals surface area contributed by atoms with Gasteiger partial charge in [0, 0.05) is 70.1 Å². The second-order valence-corrected chi connectivity index (χ2v) is 26.9. The molecule has 0 saturated carbocycles. The summed E-state index contributed by atoms with van der Waals surface area (Å²) < 4.78 is 10.2. The van der Waals surface area contributed by atoms with Gasteiger partial charge in [-0.3, -0.25) is 9.13 Å². The highest BCUT2D eigenvalue weighted by Gasteiger charge is 2.21. The van der Waals surface area contributed by atoms with E-state index in [0.717, 1.165) is 99.3 Å². The average molecular weight is 1400 g/mol. The fourth-order valence-electron chi connectivity index (χ4n) is 15.0. The third-order valence-electron chi connectivity index (χ3n) is 19.8. The van der Waals surface area contributed by atoms with Crippen molar-refractivity contribution < 1.29 is 10.0 Å². The molecule has 20 rings (SSSR count). The van der Waals surface area contributed by atoms with Crippen LogP contribution in [0.5, 0.6) is 0 Å². The van der Waals surface area contributed by atoms with Gasteiger partial charge in [0.1, 0.15) is 11.6 Å². The second kappa shape index (κ2) is 27.2. The maximum absolute atomic E-state index is 9.43. The van der Waals surface area contributed by atoms with Crippen LogP contribution >= 0.6 is 15.9 Å². The van der Waals surface area contributed by atoms with Crippen LogP contribution in [0.4, 0.5) is 0 Å². The van der Waals surface area contributed by atoms with Crippen LogP contribution < -0.4 is 5.46 Å². The summed E-state index contributed by atoms with van der Waals surface area (Å²) in [4.78, 5) is 10.4. The molecule has 0 amide bonds. The van der Waals surface area contributed by atoms with Crippen molar-refractivity contribution in [3.05, 3.63) is 381 Å². The van der Waals surface area contributed by atoms with Crippen molar-refractivity contribution >= 4 is 116 Å². The highest BCUT2D eigenvalue weighted by Crippen LogP contribution is 2.41. The number of hydrogen-bond acceptors (Lipinski definition) is 4. The molecule has 0 atom stereocenters. The number of pyridine rings is 2. The van der Waals surface area contributed by atoms with Gasteiger partial charge in [0.25, 0.3) is 0 Å². The van der Waals surface area contributed by atoms with Crippen molar-refractivity contribution in [2.24, 2.45) is 0 Å². The first-order valence-corrected chi connectivity index (χ1v) is 35.6. The van der Waals surface area contributed by atoms with Crippen molar-refractivity contribution in [3.8, 4) is 78.9 Å². The lowest BCUT2D eigenvalue weighted by Crippen LogP contribution is -2.29. The summed E-state index contributed by atoms with van der Waals surface area (Å²) in [5, 5.41) is 28.3. The molecule has 10 heteroatoms. The number of halogens is 1. The lowest BCUT2D eigenvalue weighted by atomic mass is 9.80. The lowest BCUT2D eigenvalue weighted by Gasteiger charge is -2.13. The molecule has 14 aromatic carbocycles. The van der Waals surface area contributed by atoms with Crippen LogP contribution in [0.15, 0.2) is 381 Å². The van der Waals surface area contributed by atoms with Crippen LogP contribution in [0.2, 0.25) is 0 Å². The molecule has 20 aromatic rings. The number of para-hydroxylation sites is 6. The van der Waals surface area contributed by atoms with Gasteiger partial charge in [-0.05, 0) is 160 Å². The van der Waals surface area contributed by atoms with Crippen molar-refractivity contribution in [2.45, 2.75) is 0 Å². The van der Waals surface area contributed by atoms with Gasteiger partial charge >= 0.3 is 7.12 Å². The summed E-state index contributed by atoms with van der Waals surface area (Å²) in [5.41, 5.74) is 23.0. The fourth-order valence-corrected chi connectivity index (χ4v) is 15.3. The van der Waals surface area contributed by atoms with Gasteiger partial charge in [-0.25, -0.2) is 9.97 Å². The molecule has 0 radical (unpaired) electrons. The Labute approximate surface area is 609 Å². The molecule has 492 valence electrons. The minimum Gasteiger partial charge on any atom is -0.423 e. The van der Waals surface area contributed by atoms with E-state index in [2.05, 4.69) is 356 Å². The van der Waals surface area contributed by atoms with Gasteiger partial charge in [-0.1, -0.05) is 271 Å². The van der Waals surface area contributed by atoms with E-state index in [0.29, 0.717) is 5.46 Å². The number of rotatable bonds is 10. The second-order valence-electron chi connectivity index (χ2n) is 26.0. The smallest absolute Gasteiger partial charge is 0.423 e. The van der Waals surface area contributed by atoms with Crippen LogP contribution in [-0.4, -0.2) is 45.4 Å². The van der Waals surface area contributed by atoms with Gasteiger partial charge in [-0.2, -0.15) is 0 Å². The molecule has 0 saturated heterocycles. The van der Waals surface area contributed by atoms with Gasteiger partial charge in [0.2, 0.25) is 0 Å². The zero-order valence-electron chi connectivity index (χ0n) is 56.3. The van der Waals surface area contributed by atoms with Crippen molar-refractivity contribution in [2.75, 3.05) is 0 Å². The zero-order chi connectivity index (χ0) is 69.6. The Hall–Kier alpha value is -13.0. The largest absolute Gasteiger partial charge is 0.488 e. The van der Waals surface area contributed by atoms with E-state index in [9.17, 15) is 10.0 Å². The van der Waals surface area contributed by atoms with Gasteiger partial charge in [0.05, 0.1) is 55.5 Å². The third kappa shape index (κ3) is 11.7. The summed E-state index contributed by atoms with van der Waals surface area (Å²) >= 11 is 3.64. The highest BCUT2D eigenvalue weighted by atomic mass is 79.9. The molecule has 0 bridgehead atoms. The summed E-state index contributed by atoms with van der Waals surface area (Å²) in [6, 6.07) is 131. The molecule has 104 heavy (non-hydrogen) atoms. The van der Waals surface area contributed by atoms with E-state index < -0.39 is 7.12 Å². The van der Waals surface area contributed by atoms with E-state index in [1.54, 1.807) is 6.07 Å². The van der Waals surface area contributed by atoms with Gasteiger partial charge in [0.15, 0.2) is 0 Å². The molecule has 6 heterocycles. The number of aromatic nitrogens is 6. The Kier molecular flexibility index (Phi) is 16.5. The maximum atomic E-state index is 9.43. The Bertz CT molecular complexity index is 6460. The maximum Gasteiger partial charge on any atom is 0.488 e. The SMILES string of the molecule is Brc1ccc2c(c1)c1ccccc1n2-c1cc(-c2ccccc2)cc(-c2ccccc2)n1.OB(O)c1ccc2c(c1)c1ccccc1n2-c1ccccc1.c1ccc(-c2cc(-c3ccccc3)nc(-n3c4ccccc4c4cc(-c5ccc6c(c5)c5ccccc5n6-c5ccccc5)ccc43)c2)cc1. The number of benzene rings is 14. The first-order valence-electron chi connectivity index (χ1n) is 34.9. The Morgan fingerprint density at radius 2 is 0.519 bits per heavy atom. The molecule has 0 aliphatic rings. The molecule has 0 aliphatic heterocycles. The molecule has 2 N–H and O–H groups in total. The highest BCUT2D eigenvalue weighted by molar-refractivity contribution is 9.10. The normalized spacial score (nSPS) is 11.4. The summed E-state index contributed by atoms with van der Waals surface area (Å²) in [5.74, 6) is 1.82. The van der Waals surface area contributed by atoms with Crippen LogP contribution in [0.25, 0.3) is 166 Å². The summed E-state index contributed by atoms with van der Waals surface area (Å²) in [6.45, 7) is 0. The molecular weight excluding hydrogens is 1340 g/mol. The average Bonchev–Trinajstić information content (AvgIpc) is 1.55. The lowest BCUT2D eigenvalue weighted by molar-refractivity contribution is 0.426. The topological polar surface area (TPSA) is 86.0 Å². The van der Waals surface area contributed by atoms with Gasteiger partial charge < -0.3 is 19.2 Å². The first-order chi connectivity index (χ1) is 51.3. The van der Waals surface area contributed by atoms with Crippen molar-refractivity contribution in [1.82, 2.24) is 28.2 Å². The van der Waals surface area contributed by atoms with Crippen LogP contribution in [0, 0.1) is 0 Å². The molecule has 6 aromatic heterocycles. The standard InChI is InChI=1S/C47H31N3.C29H19BrN2.C18H14BNO2/c1-4-14-32(15-5-1)36-30-42(33-16-6-2-7-17-33)48-47(31-36)50-44-23-13-11-21-39(44)41-29-35(25-27-46(41)50)34-24-26-45-40(28-34)38-20-10-12-22-43(38)49(45)37-18-8-3-9-19-37;30-23-15-16-28-25(19-23)24-13-7-8-14-27(24)32(28)29-18-22(20-9-3-1-4-10-20)17-26(31-29)21-11-5-2-6-12-21;21-19(22)13-10-11-18-16(12-13)15-8-4-5-9-17(15)20(18)14-6-2-1-3-7-14/h1-31H;1-19H;1-12,21-22H. The Morgan fingerprint density at radius 1 is 0.221 bits per heavy atom. The molecule has 0 unspecified atom stereocenters. The van der Waals surface area contributed by atoms with Gasteiger partial charge in [-0.15, -0.1) is 0 Å². The molecule has 0 spiro atoms. The minimum atomic E-state index is -1.46. The van der Waals surface area contributed by atoms with Crippen LogP contribution in [0.3, 0.4) is 0 Å². The van der Waals surface area contributed by atoms with E-state index in [1.165, 1.54) is 71.3 Å². The first kappa shape index (κ1) is 63.2.